The van der Waals surface area contributed by atoms with Crippen molar-refractivity contribution in [1.29, 1.82) is 0 Å². The number of halogens is 1. The summed E-state index contributed by atoms with van der Waals surface area (Å²) in [5, 5.41) is 14.5. The second-order valence-corrected chi connectivity index (χ2v) is 7.18. The molecule has 2 amide bonds. The summed E-state index contributed by atoms with van der Waals surface area (Å²) in [6.07, 6.45) is 5.54. The van der Waals surface area contributed by atoms with Crippen LogP contribution in [0.2, 0.25) is 0 Å². The SMILES string of the molecule is CSC1(CNC(=O)Nc2ccc(C(=O)O)cc2Br)CCC1. The predicted molar refractivity (Wildman–Crippen MR) is 88.2 cm³/mol. The molecule has 0 bridgehead atoms. The Kier molecular flexibility index (Phi) is 5.16. The van der Waals surface area contributed by atoms with E-state index in [2.05, 4.69) is 32.8 Å². The van der Waals surface area contributed by atoms with E-state index in [1.165, 1.54) is 18.6 Å². The zero-order chi connectivity index (χ0) is 15.5. The number of hydrogen-bond acceptors (Lipinski definition) is 3. The van der Waals surface area contributed by atoms with Gasteiger partial charge in [-0.2, -0.15) is 11.8 Å². The highest BCUT2D eigenvalue weighted by atomic mass is 79.9. The highest BCUT2D eigenvalue weighted by Gasteiger charge is 2.36. The molecule has 0 radical (unpaired) electrons. The number of rotatable bonds is 5. The van der Waals surface area contributed by atoms with Crippen molar-refractivity contribution in [2.45, 2.75) is 24.0 Å². The summed E-state index contributed by atoms with van der Waals surface area (Å²) in [5.41, 5.74) is 0.716. The fraction of sp³-hybridized carbons (Fsp3) is 0.429. The van der Waals surface area contributed by atoms with E-state index in [9.17, 15) is 9.59 Å². The summed E-state index contributed by atoms with van der Waals surface area (Å²) in [5.74, 6) is -1.00. The first-order valence-electron chi connectivity index (χ1n) is 6.59. The molecule has 1 fully saturated rings. The van der Waals surface area contributed by atoms with Gasteiger partial charge in [-0.25, -0.2) is 9.59 Å². The van der Waals surface area contributed by atoms with Crippen molar-refractivity contribution in [2.75, 3.05) is 18.1 Å². The number of carbonyl (C=O) groups is 2. The molecule has 2 rings (SSSR count). The van der Waals surface area contributed by atoms with E-state index < -0.39 is 5.97 Å². The molecule has 21 heavy (non-hydrogen) atoms. The molecule has 7 heteroatoms. The zero-order valence-electron chi connectivity index (χ0n) is 11.6. The van der Waals surface area contributed by atoms with Crippen molar-refractivity contribution >= 4 is 45.4 Å². The molecule has 1 aromatic carbocycles. The molecule has 1 aliphatic carbocycles. The second-order valence-electron chi connectivity index (χ2n) is 5.05. The van der Waals surface area contributed by atoms with E-state index in [-0.39, 0.29) is 16.3 Å². The normalized spacial score (nSPS) is 15.9. The minimum Gasteiger partial charge on any atom is -0.478 e. The van der Waals surface area contributed by atoms with Gasteiger partial charge in [-0.15, -0.1) is 0 Å². The molecule has 0 atom stereocenters. The smallest absolute Gasteiger partial charge is 0.335 e. The summed E-state index contributed by atoms with van der Waals surface area (Å²) in [6.45, 7) is 0.644. The number of nitrogens with one attached hydrogen (secondary N) is 2. The van der Waals surface area contributed by atoms with Crippen molar-refractivity contribution in [1.82, 2.24) is 5.32 Å². The topological polar surface area (TPSA) is 78.4 Å². The lowest BCUT2D eigenvalue weighted by molar-refractivity contribution is 0.0697. The Morgan fingerprint density at radius 3 is 2.62 bits per heavy atom. The number of amides is 2. The maximum Gasteiger partial charge on any atom is 0.335 e. The van der Waals surface area contributed by atoms with Crippen molar-refractivity contribution in [3.05, 3.63) is 28.2 Å². The highest BCUT2D eigenvalue weighted by molar-refractivity contribution is 9.10. The summed E-state index contributed by atoms with van der Waals surface area (Å²) in [6, 6.07) is 4.21. The van der Waals surface area contributed by atoms with E-state index in [1.54, 1.807) is 17.8 Å². The van der Waals surface area contributed by atoms with Crippen molar-refractivity contribution in [3.63, 3.8) is 0 Å². The minimum absolute atomic E-state index is 0.170. The molecule has 1 saturated carbocycles. The van der Waals surface area contributed by atoms with E-state index in [0.717, 1.165) is 12.8 Å². The Balaban J connectivity index is 1.92. The first-order valence-corrected chi connectivity index (χ1v) is 8.60. The minimum atomic E-state index is -1.00. The average molecular weight is 373 g/mol. The highest BCUT2D eigenvalue weighted by Crippen LogP contribution is 2.42. The molecule has 0 heterocycles. The molecule has 5 nitrogen and oxygen atoms in total. The van der Waals surface area contributed by atoms with Gasteiger partial charge in [0.2, 0.25) is 0 Å². The van der Waals surface area contributed by atoms with Crippen LogP contribution in [0.15, 0.2) is 22.7 Å². The first-order chi connectivity index (χ1) is 9.96. The lowest BCUT2D eigenvalue weighted by Gasteiger charge is -2.40. The number of aromatic carboxylic acids is 1. The standard InChI is InChI=1S/C14H17BrN2O3S/c1-21-14(5-2-6-14)8-16-13(20)17-11-4-3-9(12(18)19)7-10(11)15/h3-4,7H,2,5-6,8H2,1H3,(H,18,19)(H2,16,17,20). The third kappa shape index (κ3) is 3.91. The quantitative estimate of drug-likeness (QED) is 0.738. The molecule has 0 aromatic heterocycles. The Hall–Kier alpha value is -1.21. The van der Waals surface area contributed by atoms with Gasteiger partial charge in [0, 0.05) is 15.8 Å². The molecule has 114 valence electrons. The Morgan fingerprint density at radius 2 is 2.14 bits per heavy atom. The Morgan fingerprint density at radius 1 is 1.43 bits per heavy atom. The van der Waals surface area contributed by atoms with E-state index in [4.69, 9.17) is 5.11 Å². The van der Waals surface area contributed by atoms with Crippen LogP contribution in [0, 0.1) is 0 Å². The van der Waals surface area contributed by atoms with Crippen LogP contribution >= 0.6 is 27.7 Å². The second kappa shape index (κ2) is 6.70. The van der Waals surface area contributed by atoms with Crippen LogP contribution in [0.5, 0.6) is 0 Å². The van der Waals surface area contributed by atoms with Crippen LogP contribution in [0.4, 0.5) is 10.5 Å². The molecule has 3 N–H and O–H groups in total. The van der Waals surface area contributed by atoms with Gasteiger partial charge in [-0.05, 0) is 53.2 Å². The monoisotopic (exact) mass is 372 g/mol. The maximum absolute atomic E-state index is 11.9. The molecule has 0 unspecified atom stereocenters. The lowest BCUT2D eigenvalue weighted by atomic mass is 9.84. The van der Waals surface area contributed by atoms with Crippen LogP contribution in [-0.2, 0) is 0 Å². The Bertz CT molecular complexity index is 556. The molecular weight excluding hydrogens is 356 g/mol. The predicted octanol–water partition coefficient (Wildman–Crippen LogP) is 3.55. The van der Waals surface area contributed by atoms with Gasteiger partial charge in [-0.3, -0.25) is 0 Å². The Labute approximate surface area is 136 Å². The van der Waals surface area contributed by atoms with E-state index in [1.807, 2.05) is 0 Å². The van der Waals surface area contributed by atoms with Gasteiger partial charge in [0.25, 0.3) is 0 Å². The van der Waals surface area contributed by atoms with Gasteiger partial charge in [0.15, 0.2) is 0 Å². The lowest BCUT2D eigenvalue weighted by Crippen LogP contribution is -2.46. The van der Waals surface area contributed by atoms with Crippen LogP contribution in [-0.4, -0.2) is 34.7 Å². The van der Waals surface area contributed by atoms with Crippen molar-refractivity contribution in [2.24, 2.45) is 0 Å². The van der Waals surface area contributed by atoms with Gasteiger partial charge in [0.1, 0.15) is 0 Å². The number of carboxylic acid groups (broad SMARTS) is 1. The van der Waals surface area contributed by atoms with Gasteiger partial charge in [0.05, 0.1) is 11.3 Å². The number of urea groups is 1. The van der Waals surface area contributed by atoms with Crippen LogP contribution in [0.3, 0.4) is 0 Å². The fourth-order valence-electron chi connectivity index (χ4n) is 2.18. The van der Waals surface area contributed by atoms with E-state index >= 15 is 0 Å². The van der Waals surface area contributed by atoms with E-state index in [0.29, 0.717) is 16.7 Å². The average Bonchev–Trinajstić information content (AvgIpc) is 2.40. The van der Waals surface area contributed by atoms with Gasteiger partial charge >= 0.3 is 12.0 Å². The number of carbonyl (C=O) groups excluding carboxylic acids is 1. The summed E-state index contributed by atoms with van der Waals surface area (Å²) >= 11 is 5.06. The molecule has 1 aromatic rings. The van der Waals surface area contributed by atoms with Crippen molar-refractivity contribution < 1.29 is 14.7 Å². The number of carboxylic acids is 1. The molecule has 0 saturated heterocycles. The first kappa shape index (κ1) is 16.2. The number of benzene rings is 1. The zero-order valence-corrected chi connectivity index (χ0v) is 14.0. The number of anilines is 1. The molecular formula is C14H17BrN2O3S. The number of thioether (sulfide) groups is 1. The van der Waals surface area contributed by atoms with Gasteiger partial charge in [-0.1, -0.05) is 6.42 Å². The summed E-state index contributed by atoms with van der Waals surface area (Å²) in [7, 11) is 0. The molecule has 1 aliphatic rings. The van der Waals surface area contributed by atoms with Gasteiger partial charge < -0.3 is 15.7 Å². The number of hydrogen-bond donors (Lipinski definition) is 3. The third-order valence-electron chi connectivity index (χ3n) is 3.73. The van der Waals surface area contributed by atoms with Crippen LogP contribution in [0.25, 0.3) is 0 Å². The van der Waals surface area contributed by atoms with Crippen molar-refractivity contribution in [3.8, 4) is 0 Å². The van der Waals surface area contributed by atoms with Crippen LogP contribution < -0.4 is 10.6 Å². The molecule has 0 spiro atoms. The largest absolute Gasteiger partial charge is 0.478 e. The molecule has 0 aliphatic heterocycles. The third-order valence-corrected chi connectivity index (χ3v) is 5.81. The summed E-state index contributed by atoms with van der Waals surface area (Å²) < 4.78 is 0.725. The van der Waals surface area contributed by atoms with Crippen LogP contribution in [0.1, 0.15) is 29.6 Å². The maximum atomic E-state index is 11.9. The summed E-state index contributed by atoms with van der Waals surface area (Å²) in [4.78, 5) is 22.8. The fourth-order valence-corrected chi connectivity index (χ4v) is 3.57.